The van der Waals surface area contributed by atoms with Crippen LogP contribution < -0.4 is 10.2 Å². The third-order valence-corrected chi connectivity index (χ3v) is 6.70. The number of piperidine rings is 1. The molecule has 1 aromatic rings. The largest absolute Gasteiger partial charge is 0.353 e. The average molecular weight is 398 g/mol. The van der Waals surface area contributed by atoms with E-state index < -0.39 is 0 Å². The van der Waals surface area contributed by atoms with Crippen molar-refractivity contribution in [2.75, 3.05) is 24.5 Å². The van der Waals surface area contributed by atoms with Crippen LogP contribution in [0.25, 0.3) is 0 Å². The van der Waals surface area contributed by atoms with Crippen LogP contribution in [0.5, 0.6) is 0 Å². The molecule has 156 valence electrons. The van der Waals surface area contributed by atoms with Crippen molar-refractivity contribution < 1.29 is 14.4 Å². The first-order valence-corrected chi connectivity index (χ1v) is 11.0. The van der Waals surface area contributed by atoms with Crippen molar-refractivity contribution in [2.45, 2.75) is 57.9 Å². The van der Waals surface area contributed by atoms with Gasteiger partial charge in [0.2, 0.25) is 17.7 Å². The highest BCUT2D eigenvalue weighted by Gasteiger charge is 2.38. The van der Waals surface area contributed by atoms with Gasteiger partial charge in [-0.15, -0.1) is 0 Å². The zero-order valence-corrected chi connectivity index (χ0v) is 17.2. The number of nitrogens with one attached hydrogen (secondary N) is 1. The van der Waals surface area contributed by atoms with E-state index in [0.29, 0.717) is 38.5 Å². The van der Waals surface area contributed by atoms with Crippen LogP contribution in [0.1, 0.15) is 50.5 Å². The summed E-state index contributed by atoms with van der Waals surface area (Å²) in [5, 5.41) is 3.19. The minimum Gasteiger partial charge on any atom is -0.353 e. The Labute approximate surface area is 172 Å². The molecule has 1 aliphatic carbocycles. The monoisotopic (exact) mass is 397 g/mol. The second-order valence-electron chi connectivity index (χ2n) is 8.83. The number of rotatable bonds is 4. The maximum absolute atomic E-state index is 13.0. The Bertz CT molecular complexity index is 762. The van der Waals surface area contributed by atoms with Crippen LogP contribution in [0.15, 0.2) is 24.3 Å². The molecular weight excluding hydrogens is 366 g/mol. The van der Waals surface area contributed by atoms with Gasteiger partial charge in [-0.25, -0.2) is 0 Å². The Morgan fingerprint density at radius 3 is 2.28 bits per heavy atom. The van der Waals surface area contributed by atoms with E-state index in [1.807, 2.05) is 36.1 Å². The molecule has 0 unspecified atom stereocenters. The van der Waals surface area contributed by atoms with Crippen molar-refractivity contribution in [1.29, 1.82) is 0 Å². The molecule has 3 amide bonds. The number of hydrogen-bond acceptors (Lipinski definition) is 3. The van der Waals surface area contributed by atoms with Crippen LogP contribution in [0.3, 0.4) is 0 Å². The lowest BCUT2D eigenvalue weighted by Crippen LogP contribution is -2.46. The van der Waals surface area contributed by atoms with Crippen LogP contribution in [0.2, 0.25) is 0 Å². The lowest BCUT2D eigenvalue weighted by molar-refractivity contribution is -0.139. The molecule has 1 aromatic carbocycles. The van der Waals surface area contributed by atoms with Gasteiger partial charge in [0.25, 0.3) is 0 Å². The number of likely N-dealkylation sites (tertiary alicyclic amines) is 1. The van der Waals surface area contributed by atoms with Gasteiger partial charge in [-0.2, -0.15) is 0 Å². The Morgan fingerprint density at radius 2 is 1.62 bits per heavy atom. The smallest absolute Gasteiger partial charge is 0.228 e. The maximum atomic E-state index is 13.0. The standard InChI is InChI=1S/C23H31N3O3/c1-16-6-8-20(9-7-16)26-15-18(14-21(26)27)23(29)25-12-10-17(11-13-25)22(28)24-19-4-2-3-5-19/h6-9,17-19H,2-5,10-15H2,1H3,(H,24,28)/t18-/m1/s1. The van der Waals surface area contributed by atoms with E-state index in [1.54, 1.807) is 4.90 Å². The minimum atomic E-state index is -0.285. The molecule has 3 aliphatic rings. The van der Waals surface area contributed by atoms with Crippen LogP contribution in [-0.2, 0) is 14.4 Å². The summed E-state index contributed by atoms with van der Waals surface area (Å²) in [5.74, 6) is -0.0483. The molecular formula is C23H31N3O3. The van der Waals surface area contributed by atoms with E-state index in [0.717, 1.165) is 24.1 Å². The first-order valence-electron chi connectivity index (χ1n) is 11.0. The van der Waals surface area contributed by atoms with Crippen LogP contribution >= 0.6 is 0 Å². The van der Waals surface area contributed by atoms with Crippen molar-refractivity contribution >= 4 is 23.4 Å². The fraction of sp³-hybridized carbons (Fsp3) is 0.609. The molecule has 2 aliphatic heterocycles. The summed E-state index contributed by atoms with van der Waals surface area (Å²) < 4.78 is 0. The van der Waals surface area contributed by atoms with Crippen molar-refractivity contribution in [3.63, 3.8) is 0 Å². The van der Waals surface area contributed by atoms with Gasteiger partial charge in [0, 0.05) is 43.7 Å². The molecule has 0 radical (unpaired) electrons. The molecule has 1 saturated carbocycles. The quantitative estimate of drug-likeness (QED) is 0.849. The van der Waals surface area contributed by atoms with Gasteiger partial charge in [0.15, 0.2) is 0 Å². The summed E-state index contributed by atoms with van der Waals surface area (Å²) >= 11 is 0. The normalized spacial score (nSPS) is 23.6. The second kappa shape index (κ2) is 8.56. The highest BCUT2D eigenvalue weighted by Crippen LogP contribution is 2.28. The van der Waals surface area contributed by atoms with Gasteiger partial charge >= 0.3 is 0 Å². The first-order chi connectivity index (χ1) is 14.0. The maximum Gasteiger partial charge on any atom is 0.228 e. The number of hydrogen-bond donors (Lipinski definition) is 1. The number of anilines is 1. The van der Waals surface area contributed by atoms with E-state index in [2.05, 4.69) is 5.32 Å². The predicted molar refractivity (Wildman–Crippen MR) is 111 cm³/mol. The SMILES string of the molecule is Cc1ccc(N2C[C@H](C(=O)N3CCC(C(=O)NC4CCCC4)CC3)CC2=O)cc1. The highest BCUT2D eigenvalue weighted by atomic mass is 16.2. The van der Waals surface area contributed by atoms with Gasteiger partial charge in [0.05, 0.1) is 5.92 Å². The van der Waals surface area contributed by atoms with Crippen molar-refractivity contribution in [3.8, 4) is 0 Å². The van der Waals surface area contributed by atoms with Crippen LogP contribution in [0.4, 0.5) is 5.69 Å². The molecule has 1 N–H and O–H groups in total. The van der Waals surface area contributed by atoms with E-state index in [9.17, 15) is 14.4 Å². The Balaban J connectivity index is 1.29. The van der Waals surface area contributed by atoms with Crippen molar-refractivity contribution in [1.82, 2.24) is 10.2 Å². The van der Waals surface area contributed by atoms with Gasteiger partial charge in [-0.05, 0) is 44.7 Å². The van der Waals surface area contributed by atoms with Crippen LogP contribution in [0, 0.1) is 18.8 Å². The molecule has 0 bridgehead atoms. The van der Waals surface area contributed by atoms with E-state index >= 15 is 0 Å². The molecule has 6 heteroatoms. The summed E-state index contributed by atoms with van der Waals surface area (Å²) in [5.41, 5.74) is 2.01. The Hall–Kier alpha value is -2.37. The number of aryl methyl sites for hydroxylation is 1. The lowest BCUT2D eigenvalue weighted by Gasteiger charge is -2.33. The third kappa shape index (κ3) is 4.46. The molecule has 4 rings (SSSR count). The Morgan fingerprint density at radius 1 is 0.966 bits per heavy atom. The van der Waals surface area contributed by atoms with Gasteiger partial charge in [0.1, 0.15) is 0 Å². The van der Waals surface area contributed by atoms with E-state index in [1.165, 1.54) is 12.8 Å². The third-order valence-electron chi connectivity index (χ3n) is 6.70. The number of benzene rings is 1. The number of carbonyl (C=O) groups is 3. The first kappa shape index (κ1) is 19.9. The summed E-state index contributed by atoms with van der Waals surface area (Å²) in [7, 11) is 0. The van der Waals surface area contributed by atoms with Crippen LogP contribution in [-0.4, -0.2) is 48.3 Å². The lowest BCUT2D eigenvalue weighted by atomic mass is 9.94. The Kier molecular flexibility index (Phi) is 5.88. The number of amides is 3. The second-order valence-corrected chi connectivity index (χ2v) is 8.83. The van der Waals surface area contributed by atoms with Crippen molar-refractivity contribution in [3.05, 3.63) is 29.8 Å². The summed E-state index contributed by atoms with van der Waals surface area (Å²) in [6.45, 7) is 3.68. The molecule has 0 aromatic heterocycles. The van der Waals surface area contributed by atoms with Gasteiger partial charge in [-0.1, -0.05) is 30.5 Å². The molecule has 3 fully saturated rings. The molecule has 0 spiro atoms. The van der Waals surface area contributed by atoms with E-state index in [4.69, 9.17) is 0 Å². The minimum absolute atomic E-state index is 0.00826. The molecule has 29 heavy (non-hydrogen) atoms. The summed E-state index contributed by atoms with van der Waals surface area (Å²) in [4.78, 5) is 41.5. The topological polar surface area (TPSA) is 69.7 Å². The molecule has 6 nitrogen and oxygen atoms in total. The average Bonchev–Trinajstić information content (AvgIpc) is 3.38. The fourth-order valence-electron chi connectivity index (χ4n) is 4.86. The zero-order valence-electron chi connectivity index (χ0n) is 17.2. The summed E-state index contributed by atoms with van der Waals surface area (Å²) in [6, 6.07) is 8.20. The summed E-state index contributed by atoms with van der Waals surface area (Å²) in [6.07, 6.45) is 6.30. The molecule has 1 atom stereocenters. The molecule has 2 heterocycles. The van der Waals surface area contributed by atoms with E-state index in [-0.39, 0.29) is 36.0 Å². The van der Waals surface area contributed by atoms with Gasteiger partial charge < -0.3 is 15.1 Å². The van der Waals surface area contributed by atoms with Crippen molar-refractivity contribution in [2.24, 2.45) is 11.8 Å². The highest BCUT2D eigenvalue weighted by molar-refractivity contribution is 6.00. The molecule has 2 saturated heterocycles. The fourth-order valence-corrected chi connectivity index (χ4v) is 4.86. The van der Waals surface area contributed by atoms with Gasteiger partial charge in [-0.3, -0.25) is 14.4 Å². The predicted octanol–water partition coefficient (Wildman–Crippen LogP) is 2.65. The number of nitrogens with zero attached hydrogens (tertiary/aromatic N) is 2. The zero-order chi connectivity index (χ0) is 20.4. The number of carbonyl (C=O) groups excluding carboxylic acids is 3.